The largest absolute Gasteiger partial charge is 0.360 e. The minimum Gasteiger partial charge on any atom is -0.360 e. The smallest absolute Gasteiger partial charge is 0.247 e. The van der Waals surface area contributed by atoms with Crippen molar-refractivity contribution >= 4 is 35.1 Å². The highest BCUT2D eigenvalue weighted by molar-refractivity contribution is 6.31. The minimum absolute atomic E-state index is 0.0911. The van der Waals surface area contributed by atoms with Gasteiger partial charge >= 0.3 is 0 Å². The molecule has 8 nitrogen and oxygen atoms in total. The number of carbonyl (C=O) groups is 3. The first kappa shape index (κ1) is 26.9. The predicted octanol–water partition coefficient (Wildman–Crippen LogP) is 5.04. The van der Waals surface area contributed by atoms with Gasteiger partial charge < -0.3 is 20.1 Å². The van der Waals surface area contributed by atoms with Gasteiger partial charge in [-0.15, -0.1) is 0 Å². The van der Waals surface area contributed by atoms with E-state index in [0.29, 0.717) is 16.3 Å². The summed E-state index contributed by atoms with van der Waals surface area (Å²) in [5, 5.41) is 9.70. The first-order chi connectivity index (χ1) is 17.0. The molecule has 0 fully saturated rings. The Balaban J connectivity index is 1.90. The molecule has 0 radical (unpaired) electrons. The molecule has 3 aromatic rings. The maximum Gasteiger partial charge on any atom is 0.247 e. The summed E-state index contributed by atoms with van der Waals surface area (Å²) in [4.78, 5) is 41.1. The summed E-state index contributed by atoms with van der Waals surface area (Å²) in [6.07, 6.45) is -0.203. The van der Waals surface area contributed by atoms with Gasteiger partial charge in [0.1, 0.15) is 11.8 Å². The second-order valence-electron chi connectivity index (χ2n) is 9.54. The van der Waals surface area contributed by atoms with Crippen LogP contribution in [0.4, 0.5) is 5.82 Å². The molecule has 0 aliphatic heterocycles. The van der Waals surface area contributed by atoms with Crippen LogP contribution in [0.5, 0.6) is 0 Å². The van der Waals surface area contributed by atoms with E-state index in [4.69, 9.17) is 16.1 Å². The molecule has 0 aliphatic carbocycles. The van der Waals surface area contributed by atoms with E-state index in [1.807, 2.05) is 51.1 Å². The van der Waals surface area contributed by atoms with Crippen LogP contribution in [0.1, 0.15) is 56.5 Å². The molecule has 1 aromatic heterocycles. The lowest BCUT2D eigenvalue weighted by Crippen LogP contribution is -2.49. The van der Waals surface area contributed by atoms with Gasteiger partial charge in [0.25, 0.3) is 0 Å². The van der Waals surface area contributed by atoms with E-state index in [-0.39, 0.29) is 42.9 Å². The van der Waals surface area contributed by atoms with Gasteiger partial charge in [-0.25, -0.2) is 0 Å². The van der Waals surface area contributed by atoms with Crippen LogP contribution in [0.15, 0.2) is 65.2 Å². The first-order valence-corrected chi connectivity index (χ1v) is 12.0. The summed E-state index contributed by atoms with van der Waals surface area (Å²) in [5.41, 5.74) is 0.815. The Bertz CT molecular complexity index is 1200. The summed E-state index contributed by atoms with van der Waals surface area (Å²) in [6, 6.07) is 16.9. The Hall–Kier alpha value is -3.65. The van der Waals surface area contributed by atoms with Gasteiger partial charge in [-0.3, -0.25) is 14.4 Å². The van der Waals surface area contributed by atoms with E-state index in [1.54, 1.807) is 37.3 Å². The molecule has 1 heterocycles. The summed E-state index contributed by atoms with van der Waals surface area (Å²) >= 11 is 6.51. The monoisotopic (exact) mass is 510 g/mol. The topological polar surface area (TPSA) is 105 Å². The summed E-state index contributed by atoms with van der Waals surface area (Å²) in [6.45, 7) is 7.48. The van der Waals surface area contributed by atoms with Gasteiger partial charge in [0, 0.05) is 41.6 Å². The van der Waals surface area contributed by atoms with Crippen LogP contribution < -0.4 is 10.6 Å². The fourth-order valence-electron chi connectivity index (χ4n) is 3.68. The zero-order valence-corrected chi connectivity index (χ0v) is 21.6. The van der Waals surface area contributed by atoms with Gasteiger partial charge in [-0.2, -0.15) is 0 Å². The van der Waals surface area contributed by atoms with Gasteiger partial charge in [-0.1, -0.05) is 65.3 Å². The maximum absolute atomic E-state index is 13.6. The molecular weight excluding hydrogens is 480 g/mol. The van der Waals surface area contributed by atoms with Crippen molar-refractivity contribution in [1.82, 2.24) is 15.4 Å². The van der Waals surface area contributed by atoms with Crippen molar-refractivity contribution in [3.8, 4) is 0 Å². The Morgan fingerprint density at radius 2 is 1.69 bits per heavy atom. The highest BCUT2D eigenvalue weighted by Crippen LogP contribution is 2.30. The number of benzene rings is 2. The zero-order chi connectivity index (χ0) is 26.3. The zero-order valence-electron chi connectivity index (χ0n) is 20.9. The van der Waals surface area contributed by atoms with Crippen LogP contribution in [0.2, 0.25) is 5.02 Å². The van der Waals surface area contributed by atoms with E-state index in [1.165, 1.54) is 4.90 Å². The molecule has 36 heavy (non-hydrogen) atoms. The van der Waals surface area contributed by atoms with Crippen LogP contribution in [-0.2, 0) is 20.9 Å². The second kappa shape index (κ2) is 11.9. The molecule has 0 aliphatic rings. The number of carbonyl (C=O) groups excluding carboxylic acids is 3. The number of halogens is 1. The molecule has 0 bridgehead atoms. The van der Waals surface area contributed by atoms with Crippen molar-refractivity contribution in [2.75, 3.05) is 5.32 Å². The van der Waals surface area contributed by atoms with Gasteiger partial charge in [0.05, 0.1) is 0 Å². The highest BCUT2D eigenvalue weighted by atomic mass is 35.5. The van der Waals surface area contributed by atoms with Crippen LogP contribution in [0.25, 0.3) is 0 Å². The molecule has 190 valence electrons. The molecular formula is C27H31ClN4O4. The van der Waals surface area contributed by atoms with Crippen molar-refractivity contribution in [2.24, 2.45) is 0 Å². The number of hydrogen-bond acceptors (Lipinski definition) is 5. The molecule has 1 unspecified atom stereocenters. The van der Waals surface area contributed by atoms with E-state index in [0.717, 1.165) is 5.56 Å². The Labute approximate surface area is 216 Å². The number of nitrogens with one attached hydrogen (secondary N) is 2. The standard InChI is InChI=1S/C27H31ClN4O4/c1-18-16-22(31-36-18)29-23(33)14-15-24(34)32(17-19-10-6-5-7-11-19)25(26(35)30-27(2,3)4)20-12-8-9-13-21(20)28/h5-13,16,25H,14-15,17H2,1-4H3,(H,30,35)(H,29,31,33). The van der Waals surface area contributed by atoms with Crippen molar-refractivity contribution < 1.29 is 18.9 Å². The maximum atomic E-state index is 13.6. The normalized spacial score (nSPS) is 12.0. The number of rotatable bonds is 9. The summed E-state index contributed by atoms with van der Waals surface area (Å²) in [7, 11) is 0. The van der Waals surface area contributed by atoms with Crippen LogP contribution in [0.3, 0.4) is 0 Å². The average molecular weight is 511 g/mol. The average Bonchev–Trinajstić information content (AvgIpc) is 3.22. The SMILES string of the molecule is Cc1cc(NC(=O)CCC(=O)N(Cc2ccccc2)C(C(=O)NC(C)(C)C)c2ccccc2Cl)no1. The number of anilines is 1. The number of nitrogens with zero attached hydrogens (tertiary/aromatic N) is 2. The van der Waals surface area contributed by atoms with E-state index in [9.17, 15) is 14.4 Å². The number of hydrogen-bond donors (Lipinski definition) is 2. The lowest BCUT2D eigenvalue weighted by atomic mass is 10.00. The fraction of sp³-hybridized carbons (Fsp3) is 0.333. The number of aryl methyl sites for hydroxylation is 1. The summed E-state index contributed by atoms with van der Waals surface area (Å²) < 4.78 is 4.96. The number of amides is 3. The Morgan fingerprint density at radius 3 is 2.31 bits per heavy atom. The fourth-order valence-corrected chi connectivity index (χ4v) is 3.92. The Kier molecular flexibility index (Phi) is 8.88. The van der Waals surface area contributed by atoms with E-state index < -0.39 is 11.6 Å². The third-order valence-electron chi connectivity index (χ3n) is 5.24. The molecule has 2 N–H and O–H groups in total. The highest BCUT2D eigenvalue weighted by Gasteiger charge is 2.34. The first-order valence-electron chi connectivity index (χ1n) is 11.7. The van der Waals surface area contributed by atoms with E-state index >= 15 is 0 Å². The molecule has 1 atom stereocenters. The molecule has 0 saturated carbocycles. The quantitative estimate of drug-likeness (QED) is 0.419. The third kappa shape index (κ3) is 7.68. The number of aromatic nitrogens is 1. The van der Waals surface area contributed by atoms with Crippen molar-refractivity contribution in [3.05, 3.63) is 82.6 Å². The second-order valence-corrected chi connectivity index (χ2v) is 9.95. The van der Waals surface area contributed by atoms with Crippen LogP contribution in [-0.4, -0.2) is 33.3 Å². The van der Waals surface area contributed by atoms with E-state index in [2.05, 4.69) is 15.8 Å². The van der Waals surface area contributed by atoms with Gasteiger partial charge in [-0.05, 0) is 39.3 Å². The summed E-state index contributed by atoms with van der Waals surface area (Å²) in [5.74, 6) is -0.265. The predicted molar refractivity (Wildman–Crippen MR) is 138 cm³/mol. The third-order valence-corrected chi connectivity index (χ3v) is 5.58. The van der Waals surface area contributed by atoms with Crippen LogP contribution in [0, 0.1) is 6.92 Å². The van der Waals surface area contributed by atoms with Gasteiger partial charge in [0.2, 0.25) is 17.7 Å². The lowest BCUT2D eigenvalue weighted by molar-refractivity contribution is -0.142. The van der Waals surface area contributed by atoms with Crippen molar-refractivity contribution in [3.63, 3.8) is 0 Å². The molecule has 3 amide bonds. The molecule has 9 heteroatoms. The lowest BCUT2D eigenvalue weighted by Gasteiger charge is -2.34. The van der Waals surface area contributed by atoms with Crippen molar-refractivity contribution in [2.45, 2.75) is 58.7 Å². The molecule has 0 spiro atoms. The molecule has 3 rings (SSSR count). The van der Waals surface area contributed by atoms with Crippen LogP contribution >= 0.6 is 11.6 Å². The Morgan fingerprint density at radius 1 is 1.03 bits per heavy atom. The minimum atomic E-state index is -0.994. The van der Waals surface area contributed by atoms with Crippen molar-refractivity contribution in [1.29, 1.82) is 0 Å². The molecule has 2 aromatic carbocycles. The molecule has 0 saturated heterocycles. The van der Waals surface area contributed by atoms with Gasteiger partial charge in [0.15, 0.2) is 5.82 Å².